The maximum absolute atomic E-state index is 12.7. The Labute approximate surface area is 150 Å². The van der Waals surface area contributed by atoms with Crippen LogP contribution in [0.2, 0.25) is 10.0 Å². The number of anilines is 1. The first-order valence-electron chi connectivity index (χ1n) is 7.00. The van der Waals surface area contributed by atoms with Crippen LogP contribution in [0.1, 0.15) is 5.56 Å². The van der Waals surface area contributed by atoms with E-state index in [9.17, 15) is 18.0 Å². The third-order valence-electron chi connectivity index (χ3n) is 3.53. The fourth-order valence-electron chi connectivity index (χ4n) is 2.35. The van der Waals surface area contributed by atoms with Gasteiger partial charge in [0, 0.05) is 11.8 Å². The van der Waals surface area contributed by atoms with E-state index in [1.54, 1.807) is 25.1 Å². The standard InChI is InChI=1S/C16H10Cl2F3N3O/c1-8-3-2-6-24-13(8)22-12(9-4-5-10(17)11(18)7-9)14(24)23-15(25)16(19,20)21/h2-7H,1H3,(H,23,25). The van der Waals surface area contributed by atoms with Gasteiger partial charge < -0.3 is 5.32 Å². The lowest BCUT2D eigenvalue weighted by Gasteiger charge is -2.10. The molecular formula is C16H10Cl2F3N3O. The molecule has 3 aromatic rings. The number of aromatic nitrogens is 2. The molecule has 4 nitrogen and oxygen atoms in total. The van der Waals surface area contributed by atoms with Gasteiger partial charge in [-0.25, -0.2) is 4.98 Å². The first-order valence-corrected chi connectivity index (χ1v) is 7.75. The van der Waals surface area contributed by atoms with Crippen LogP contribution in [0, 0.1) is 6.92 Å². The molecule has 3 rings (SSSR count). The highest BCUT2D eigenvalue weighted by atomic mass is 35.5. The number of rotatable bonds is 2. The number of imidazole rings is 1. The van der Waals surface area contributed by atoms with Crippen LogP contribution in [0.4, 0.5) is 19.0 Å². The van der Waals surface area contributed by atoms with Gasteiger partial charge in [-0.3, -0.25) is 9.20 Å². The van der Waals surface area contributed by atoms with Crippen molar-refractivity contribution in [2.75, 3.05) is 5.32 Å². The van der Waals surface area contributed by atoms with Crippen molar-refractivity contribution >= 4 is 40.6 Å². The quantitative estimate of drug-likeness (QED) is 0.663. The number of carbonyl (C=O) groups is 1. The zero-order valence-electron chi connectivity index (χ0n) is 12.7. The summed E-state index contributed by atoms with van der Waals surface area (Å²) in [6.45, 7) is 1.76. The van der Waals surface area contributed by atoms with E-state index in [0.717, 1.165) is 5.56 Å². The molecular weight excluding hydrogens is 378 g/mol. The number of alkyl halides is 3. The van der Waals surface area contributed by atoms with Gasteiger partial charge in [-0.15, -0.1) is 0 Å². The van der Waals surface area contributed by atoms with E-state index in [1.165, 1.54) is 22.7 Å². The molecule has 0 unspecified atom stereocenters. The van der Waals surface area contributed by atoms with Crippen molar-refractivity contribution in [1.82, 2.24) is 9.38 Å². The van der Waals surface area contributed by atoms with Gasteiger partial charge in [0.1, 0.15) is 17.2 Å². The highest BCUT2D eigenvalue weighted by Gasteiger charge is 2.39. The Morgan fingerprint density at radius 1 is 1.20 bits per heavy atom. The highest BCUT2D eigenvalue weighted by Crippen LogP contribution is 2.34. The Morgan fingerprint density at radius 2 is 1.92 bits per heavy atom. The summed E-state index contributed by atoms with van der Waals surface area (Å²) in [6.07, 6.45) is -3.51. The van der Waals surface area contributed by atoms with Crippen LogP contribution in [0.3, 0.4) is 0 Å². The minimum Gasteiger partial charge on any atom is -0.302 e. The minimum absolute atomic E-state index is 0.0978. The van der Waals surface area contributed by atoms with Crippen LogP contribution in [-0.4, -0.2) is 21.5 Å². The maximum atomic E-state index is 12.7. The second kappa shape index (κ2) is 6.24. The molecule has 1 N–H and O–H groups in total. The lowest BCUT2D eigenvalue weighted by molar-refractivity contribution is -0.167. The number of nitrogens with zero attached hydrogens (tertiary/aromatic N) is 2. The summed E-state index contributed by atoms with van der Waals surface area (Å²) in [5, 5.41) is 2.41. The summed E-state index contributed by atoms with van der Waals surface area (Å²) in [4.78, 5) is 15.8. The molecule has 0 aliphatic heterocycles. The molecule has 0 aliphatic carbocycles. The van der Waals surface area contributed by atoms with Crippen molar-refractivity contribution in [3.05, 3.63) is 52.1 Å². The number of hydrogen-bond donors (Lipinski definition) is 1. The summed E-state index contributed by atoms with van der Waals surface area (Å²) in [5.74, 6) is -2.18. The van der Waals surface area contributed by atoms with Crippen LogP contribution >= 0.6 is 23.2 Å². The van der Waals surface area contributed by atoms with E-state index in [1.807, 2.05) is 5.32 Å². The van der Waals surface area contributed by atoms with Crippen LogP contribution in [0.15, 0.2) is 36.5 Å². The number of halogens is 5. The lowest BCUT2D eigenvalue weighted by Crippen LogP contribution is -2.30. The molecule has 25 heavy (non-hydrogen) atoms. The van der Waals surface area contributed by atoms with Gasteiger partial charge in [0.2, 0.25) is 0 Å². The van der Waals surface area contributed by atoms with Gasteiger partial charge in [0.25, 0.3) is 0 Å². The highest BCUT2D eigenvalue weighted by molar-refractivity contribution is 6.42. The molecule has 1 aromatic carbocycles. The van der Waals surface area contributed by atoms with E-state index >= 15 is 0 Å². The second-order valence-corrected chi connectivity index (χ2v) is 6.09. The summed E-state index contributed by atoms with van der Waals surface area (Å²) in [5.41, 5.74) is 1.73. The summed E-state index contributed by atoms with van der Waals surface area (Å²) in [6, 6.07) is 7.95. The molecule has 2 heterocycles. The van der Waals surface area contributed by atoms with Gasteiger partial charge >= 0.3 is 12.1 Å². The number of nitrogens with one attached hydrogen (secondary N) is 1. The van der Waals surface area contributed by atoms with Gasteiger partial charge in [0.15, 0.2) is 0 Å². The number of fused-ring (bicyclic) bond motifs is 1. The first kappa shape index (κ1) is 17.6. The van der Waals surface area contributed by atoms with Crippen molar-refractivity contribution in [3.63, 3.8) is 0 Å². The summed E-state index contributed by atoms with van der Waals surface area (Å²) in [7, 11) is 0. The molecule has 0 fully saturated rings. The van der Waals surface area contributed by atoms with Gasteiger partial charge in [-0.05, 0) is 30.7 Å². The number of pyridine rings is 1. The molecule has 0 aliphatic rings. The average Bonchev–Trinajstić information content (AvgIpc) is 2.89. The fraction of sp³-hybridized carbons (Fsp3) is 0.125. The third-order valence-corrected chi connectivity index (χ3v) is 4.27. The smallest absolute Gasteiger partial charge is 0.302 e. The van der Waals surface area contributed by atoms with Gasteiger partial charge in [-0.2, -0.15) is 13.2 Å². The molecule has 1 amide bonds. The average molecular weight is 388 g/mol. The second-order valence-electron chi connectivity index (χ2n) is 5.27. The Morgan fingerprint density at radius 3 is 2.56 bits per heavy atom. The molecule has 0 spiro atoms. The number of aryl methyl sites for hydroxylation is 1. The topological polar surface area (TPSA) is 46.4 Å². The predicted octanol–water partition coefficient (Wildman–Crippen LogP) is 5.12. The SMILES string of the molecule is Cc1cccn2c(NC(=O)C(F)(F)F)c(-c3ccc(Cl)c(Cl)c3)nc12. The Hall–Kier alpha value is -2.25. The summed E-state index contributed by atoms with van der Waals surface area (Å²) >= 11 is 11.9. The normalized spacial score (nSPS) is 11.8. The van der Waals surface area contributed by atoms with Crippen LogP contribution < -0.4 is 5.32 Å². The molecule has 0 bridgehead atoms. The number of benzene rings is 1. The van der Waals surface area contributed by atoms with Gasteiger partial charge in [0.05, 0.1) is 10.0 Å². The monoisotopic (exact) mass is 387 g/mol. The van der Waals surface area contributed by atoms with Crippen LogP contribution in [-0.2, 0) is 4.79 Å². The molecule has 0 radical (unpaired) electrons. The van der Waals surface area contributed by atoms with E-state index in [4.69, 9.17) is 23.2 Å². The molecule has 0 saturated heterocycles. The minimum atomic E-state index is -5.02. The zero-order chi connectivity index (χ0) is 18.4. The van der Waals surface area contributed by atoms with E-state index in [-0.39, 0.29) is 16.5 Å². The maximum Gasteiger partial charge on any atom is 0.471 e. The Balaban J connectivity index is 2.23. The van der Waals surface area contributed by atoms with E-state index in [0.29, 0.717) is 16.2 Å². The third kappa shape index (κ3) is 3.29. The van der Waals surface area contributed by atoms with Crippen molar-refractivity contribution in [2.24, 2.45) is 0 Å². The van der Waals surface area contributed by atoms with E-state index < -0.39 is 12.1 Å². The Kier molecular flexibility index (Phi) is 4.38. The summed E-state index contributed by atoms with van der Waals surface area (Å²) < 4.78 is 39.5. The largest absolute Gasteiger partial charge is 0.471 e. The zero-order valence-corrected chi connectivity index (χ0v) is 14.2. The van der Waals surface area contributed by atoms with Gasteiger partial charge in [-0.1, -0.05) is 35.3 Å². The van der Waals surface area contributed by atoms with Crippen molar-refractivity contribution < 1.29 is 18.0 Å². The predicted molar refractivity (Wildman–Crippen MR) is 90.1 cm³/mol. The van der Waals surface area contributed by atoms with Crippen LogP contribution in [0.25, 0.3) is 16.9 Å². The molecule has 0 atom stereocenters. The number of amides is 1. The van der Waals surface area contributed by atoms with Crippen molar-refractivity contribution in [2.45, 2.75) is 13.1 Å². The number of carbonyl (C=O) groups excluding carboxylic acids is 1. The number of hydrogen-bond acceptors (Lipinski definition) is 2. The molecule has 0 saturated carbocycles. The molecule has 130 valence electrons. The van der Waals surface area contributed by atoms with Crippen molar-refractivity contribution in [3.8, 4) is 11.3 Å². The molecule has 2 aromatic heterocycles. The first-order chi connectivity index (χ1) is 11.7. The van der Waals surface area contributed by atoms with E-state index in [2.05, 4.69) is 4.98 Å². The Bertz CT molecular complexity index is 983. The lowest BCUT2D eigenvalue weighted by atomic mass is 10.1. The fourth-order valence-corrected chi connectivity index (χ4v) is 2.64. The van der Waals surface area contributed by atoms with Crippen molar-refractivity contribution in [1.29, 1.82) is 0 Å². The molecule has 9 heteroatoms. The van der Waals surface area contributed by atoms with Crippen LogP contribution in [0.5, 0.6) is 0 Å².